The topological polar surface area (TPSA) is 20.2 Å². The van der Waals surface area contributed by atoms with Gasteiger partial charge in [0.2, 0.25) is 0 Å². The third-order valence-electron chi connectivity index (χ3n) is 0.889. The van der Waals surface area contributed by atoms with E-state index < -0.39 is 0 Å². The molecule has 0 aromatic rings. The van der Waals surface area contributed by atoms with Crippen LogP contribution in [0.4, 0.5) is 0 Å². The van der Waals surface area contributed by atoms with Gasteiger partial charge in [-0.15, -0.1) is 0 Å². The van der Waals surface area contributed by atoms with E-state index in [-0.39, 0.29) is 5.76 Å². The minimum atomic E-state index is 0.0752. The summed E-state index contributed by atoms with van der Waals surface area (Å²) >= 11 is 0. The molecule has 1 N–H and O–H groups in total. The van der Waals surface area contributed by atoms with Crippen molar-refractivity contribution in [2.24, 2.45) is 0 Å². The summed E-state index contributed by atoms with van der Waals surface area (Å²) < 4.78 is 0. The van der Waals surface area contributed by atoms with Gasteiger partial charge in [-0.25, -0.2) is 0 Å². The van der Waals surface area contributed by atoms with Crippen LogP contribution in [0.5, 0.6) is 0 Å². The molecule has 1 nitrogen and oxygen atoms in total. The van der Waals surface area contributed by atoms with E-state index in [2.05, 4.69) is 13.2 Å². The van der Waals surface area contributed by atoms with Crippen molar-refractivity contribution in [2.45, 2.75) is 6.92 Å². The van der Waals surface area contributed by atoms with E-state index >= 15 is 0 Å². The fourth-order valence-corrected chi connectivity index (χ4v) is 0.531. The molecular formula is C9H12O. The van der Waals surface area contributed by atoms with Gasteiger partial charge in [0.05, 0.1) is 0 Å². The van der Waals surface area contributed by atoms with Crippen LogP contribution in [0.2, 0.25) is 0 Å². The van der Waals surface area contributed by atoms with Crippen LogP contribution >= 0.6 is 0 Å². The Hall–Kier alpha value is -1.24. The van der Waals surface area contributed by atoms with Crippen molar-refractivity contribution >= 4 is 0 Å². The van der Waals surface area contributed by atoms with Gasteiger partial charge in [0, 0.05) is 0 Å². The molecule has 1 heteroatoms. The molecule has 0 radical (unpaired) electrons. The minimum absolute atomic E-state index is 0.0752. The molecule has 0 spiro atoms. The Balaban J connectivity index is 4.06. The van der Waals surface area contributed by atoms with Crippen molar-refractivity contribution in [1.82, 2.24) is 0 Å². The van der Waals surface area contributed by atoms with Gasteiger partial charge in [0.15, 0.2) is 0 Å². The summed E-state index contributed by atoms with van der Waals surface area (Å²) in [4.78, 5) is 0. The Morgan fingerprint density at radius 3 is 2.50 bits per heavy atom. The number of rotatable bonds is 3. The van der Waals surface area contributed by atoms with Crippen LogP contribution < -0.4 is 0 Å². The zero-order chi connectivity index (χ0) is 7.98. The van der Waals surface area contributed by atoms with E-state index in [1.165, 1.54) is 0 Å². The molecule has 0 atom stereocenters. The number of aliphatic hydroxyl groups is 1. The monoisotopic (exact) mass is 136 g/mol. The normalized spacial score (nSPS) is 11.9. The summed E-state index contributed by atoms with van der Waals surface area (Å²) in [6.07, 6.45) is 6.90. The van der Waals surface area contributed by atoms with Crippen molar-refractivity contribution in [3.05, 3.63) is 48.8 Å². The predicted octanol–water partition coefficient (Wildman–Crippen LogP) is 2.75. The molecule has 0 aliphatic heterocycles. The highest BCUT2D eigenvalue weighted by Crippen LogP contribution is 1.98. The molecule has 0 saturated carbocycles. The number of allylic oxidation sites excluding steroid dienone is 5. The van der Waals surface area contributed by atoms with E-state index in [9.17, 15) is 0 Å². The third-order valence-corrected chi connectivity index (χ3v) is 0.889. The maximum atomic E-state index is 8.69. The predicted molar refractivity (Wildman–Crippen MR) is 44.9 cm³/mol. The average molecular weight is 136 g/mol. The lowest BCUT2D eigenvalue weighted by molar-refractivity contribution is 0.435. The van der Waals surface area contributed by atoms with E-state index in [1.807, 2.05) is 13.0 Å². The van der Waals surface area contributed by atoms with Gasteiger partial charge in [-0.05, 0) is 18.6 Å². The van der Waals surface area contributed by atoms with Crippen LogP contribution in [0.1, 0.15) is 6.92 Å². The Bertz CT molecular complexity index is 185. The van der Waals surface area contributed by atoms with Crippen LogP contribution in [0.25, 0.3) is 0 Å². The van der Waals surface area contributed by atoms with Crippen molar-refractivity contribution in [3.63, 3.8) is 0 Å². The molecular weight excluding hydrogens is 124 g/mol. The highest BCUT2D eigenvalue weighted by Gasteiger charge is 1.81. The van der Waals surface area contributed by atoms with Gasteiger partial charge >= 0.3 is 0 Å². The highest BCUT2D eigenvalue weighted by atomic mass is 16.3. The first-order valence-electron chi connectivity index (χ1n) is 3.02. The second-order valence-corrected chi connectivity index (χ2v) is 1.97. The van der Waals surface area contributed by atoms with Gasteiger partial charge in [0.1, 0.15) is 5.76 Å². The van der Waals surface area contributed by atoms with E-state index in [0.29, 0.717) is 0 Å². The molecule has 0 bridgehead atoms. The number of hydrogen-bond donors (Lipinski definition) is 1. The van der Waals surface area contributed by atoms with Crippen molar-refractivity contribution in [2.75, 3.05) is 0 Å². The Morgan fingerprint density at radius 2 is 2.10 bits per heavy atom. The lowest BCUT2D eigenvalue weighted by atomic mass is 10.2. The largest absolute Gasteiger partial charge is 0.509 e. The van der Waals surface area contributed by atoms with Crippen LogP contribution in [0, 0.1) is 0 Å². The average Bonchev–Trinajstić information content (AvgIpc) is 1.82. The van der Waals surface area contributed by atoms with Gasteiger partial charge < -0.3 is 5.11 Å². The SMILES string of the molecule is C=C/C=C/C(C)=C\C(=C)O. The van der Waals surface area contributed by atoms with Crippen molar-refractivity contribution in [3.8, 4) is 0 Å². The van der Waals surface area contributed by atoms with Crippen LogP contribution in [-0.4, -0.2) is 5.11 Å². The summed E-state index contributed by atoms with van der Waals surface area (Å²) in [5.41, 5.74) is 0.951. The molecule has 0 aliphatic carbocycles. The fraction of sp³-hybridized carbons (Fsp3) is 0.111. The molecule has 0 aromatic carbocycles. The van der Waals surface area contributed by atoms with Gasteiger partial charge in [-0.3, -0.25) is 0 Å². The summed E-state index contributed by atoms with van der Waals surface area (Å²) in [7, 11) is 0. The second-order valence-electron chi connectivity index (χ2n) is 1.97. The molecule has 0 unspecified atom stereocenters. The van der Waals surface area contributed by atoms with Gasteiger partial charge in [-0.2, -0.15) is 0 Å². The van der Waals surface area contributed by atoms with E-state index in [4.69, 9.17) is 5.11 Å². The Kier molecular flexibility index (Phi) is 4.05. The van der Waals surface area contributed by atoms with E-state index in [1.54, 1.807) is 18.2 Å². The summed E-state index contributed by atoms with van der Waals surface area (Å²) in [5, 5.41) is 8.69. The van der Waals surface area contributed by atoms with Gasteiger partial charge in [0.25, 0.3) is 0 Å². The molecule has 0 fully saturated rings. The molecule has 0 amide bonds. The zero-order valence-electron chi connectivity index (χ0n) is 6.17. The first kappa shape index (κ1) is 8.76. The molecule has 54 valence electrons. The standard InChI is InChI=1S/C9H12O/c1-4-5-6-8(2)7-9(3)10/h4-7,10H,1,3H2,2H3/b6-5+,8-7-. The third kappa shape index (κ3) is 4.91. The van der Waals surface area contributed by atoms with E-state index in [0.717, 1.165) is 5.57 Å². The first-order chi connectivity index (χ1) is 4.66. The molecule has 0 aromatic heterocycles. The molecule has 0 heterocycles. The lowest BCUT2D eigenvalue weighted by Crippen LogP contribution is -1.72. The Labute approximate surface area is 61.7 Å². The van der Waals surface area contributed by atoms with Crippen molar-refractivity contribution < 1.29 is 5.11 Å². The molecule has 0 rings (SSSR count). The quantitative estimate of drug-likeness (QED) is 0.467. The zero-order valence-corrected chi connectivity index (χ0v) is 6.17. The van der Waals surface area contributed by atoms with Crippen molar-refractivity contribution in [1.29, 1.82) is 0 Å². The summed E-state index contributed by atoms with van der Waals surface area (Å²) in [6.45, 7) is 8.71. The number of aliphatic hydroxyl groups excluding tert-OH is 1. The smallest absolute Gasteiger partial charge is 0.108 e. The maximum Gasteiger partial charge on any atom is 0.108 e. The summed E-state index contributed by atoms with van der Waals surface area (Å²) in [5.74, 6) is 0.0752. The molecule has 0 aliphatic rings. The minimum Gasteiger partial charge on any atom is -0.509 e. The first-order valence-corrected chi connectivity index (χ1v) is 3.02. The van der Waals surface area contributed by atoms with Gasteiger partial charge in [-0.1, -0.05) is 31.4 Å². The molecule has 10 heavy (non-hydrogen) atoms. The lowest BCUT2D eigenvalue weighted by Gasteiger charge is -1.88. The molecule has 0 saturated heterocycles. The number of hydrogen-bond acceptors (Lipinski definition) is 1. The Morgan fingerprint density at radius 1 is 1.50 bits per heavy atom. The fourth-order valence-electron chi connectivity index (χ4n) is 0.531. The van der Waals surface area contributed by atoms with Crippen LogP contribution in [0.3, 0.4) is 0 Å². The second kappa shape index (κ2) is 4.62. The highest BCUT2D eigenvalue weighted by molar-refractivity contribution is 5.24. The van der Waals surface area contributed by atoms with Crippen LogP contribution in [0.15, 0.2) is 48.8 Å². The van der Waals surface area contributed by atoms with Crippen LogP contribution in [-0.2, 0) is 0 Å². The maximum absolute atomic E-state index is 8.69. The summed E-state index contributed by atoms with van der Waals surface area (Å²) in [6, 6.07) is 0.